The molecule has 3 heteroatoms. The van der Waals surface area contributed by atoms with Crippen LogP contribution in [0.5, 0.6) is 0 Å². The predicted octanol–water partition coefficient (Wildman–Crippen LogP) is 7.09. The number of pyridine rings is 1. The quantitative estimate of drug-likeness (QED) is 0.346. The summed E-state index contributed by atoms with van der Waals surface area (Å²) in [6.07, 6.45) is 5.13. The molecule has 0 bridgehead atoms. The van der Waals surface area contributed by atoms with Crippen LogP contribution in [0.4, 0.5) is 0 Å². The third-order valence-corrected chi connectivity index (χ3v) is 13.0. The largest absolute Gasteiger partial charge is 0.212 e. The minimum absolute atomic E-state index is 0.164. The molecule has 1 fully saturated rings. The van der Waals surface area contributed by atoms with Gasteiger partial charge in [0.05, 0.1) is 8.07 Å². The molecular weight excluding hydrogens is 406 g/mol. The lowest BCUT2D eigenvalue weighted by atomic mass is 9.76. The van der Waals surface area contributed by atoms with Crippen LogP contribution in [0.2, 0.25) is 44.8 Å². The lowest BCUT2D eigenvalue weighted by Gasteiger charge is -2.41. The van der Waals surface area contributed by atoms with E-state index in [1.807, 2.05) is 0 Å². The number of rotatable bonds is 3. The molecule has 170 valence electrons. The van der Waals surface area contributed by atoms with Crippen LogP contribution in [-0.2, 0) is 17.9 Å². The zero-order chi connectivity index (χ0) is 23.4. The van der Waals surface area contributed by atoms with E-state index in [1.54, 1.807) is 10.8 Å². The third-order valence-electron chi connectivity index (χ3n) is 7.80. The molecule has 0 atom stereocenters. The van der Waals surface area contributed by atoms with Gasteiger partial charge < -0.3 is 0 Å². The Bertz CT molecular complexity index is 964. The van der Waals surface area contributed by atoms with Gasteiger partial charge in [0.2, 0.25) is 5.69 Å². The molecule has 1 saturated heterocycles. The molecule has 0 radical (unpaired) electrons. The Kier molecular flexibility index (Phi) is 6.30. The zero-order valence-electron chi connectivity index (χ0n) is 22.2. The maximum atomic E-state index is 2.57. The second-order valence-electron chi connectivity index (χ2n) is 13.4. The minimum atomic E-state index is -1.47. The van der Waals surface area contributed by atoms with E-state index in [9.17, 15) is 0 Å². The molecule has 1 nitrogen and oxygen atoms in total. The molecule has 3 rings (SSSR count). The van der Waals surface area contributed by atoms with Crippen molar-refractivity contribution in [2.75, 3.05) is 0 Å². The van der Waals surface area contributed by atoms with Crippen molar-refractivity contribution in [3.05, 3.63) is 47.2 Å². The summed E-state index contributed by atoms with van der Waals surface area (Å²) in [5, 5.41) is 1.60. The van der Waals surface area contributed by atoms with Crippen LogP contribution in [0.25, 0.3) is 11.3 Å². The van der Waals surface area contributed by atoms with Gasteiger partial charge in [0.15, 0.2) is 6.20 Å². The summed E-state index contributed by atoms with van der Waals surface area (Å²) >= 11 is 0. The van der Waals surface area contributed by atoms with E-state index in [0.29, 0.717) is 5.41 Å². The summed E-state index contributed by atoms with van der Waals surface area (Å²) in [6, 6.07) is 12.8. The van der Waals surface area contributed by atoms with Gasteiger partial charge in [-0.15, -0.1) is 0 Å². The monoisotopic (exact) mass is 452 g/mol. The average Bonchev–Trinajstić information content (AvgIpc) is 2.63. The molecule has 1 aromatic heterocycles. The summed E-state index contributed by atoms with van der Waals surface area (Å²) < 4.78 is 2.36. The molecule has 0 saturated carbocycles. The number of hydrogen-bond donors (Lipinski definition) is 0. The fraction of sp³-hybridized carbons (Fsp3) is 0.607. The van der Waals surface area contributed by atoms with Gasteiger partial charge in [-0.2, -0.15) is 0 Å². The van der Waals surface area contributed by atoms with Gasteiger partial charge in [-0.25, -0.2) is 4.57 Å². The van der Waals surface area contributed by atoms with E-state index >= 15 is 0 Å². The second-order valence-corrected chi connectivity index (χ2v) is 23.7. The molecule has 31 heavy (non-hydrogen) atoms. The lowest BCUT2D eigenvalue weighted by Crippen LogP contribution is -2.47. The molecule has 0 spiro atoms. The topological polar surface area (TPSA) is 3.88 Å². The number of nitrogens with zero attached hydrogens (tertiary/aromatic N) is 1. The Labute approximate surface area is 194 Å². The van der Waals surface area contributed by atoms with Gasteiger partial charge >= 0.3 is 0 Å². The molecule has 0 aliphatic carbocycles. The smallest absolute Gasteiger partial charge is 0.201 e. The van der Waals surface area contributed by atoms with Crippen molar-refractivity contribution in [1.29, 1.82) is 0 Å². The number of benzene rings is 1. The summed E-state index contributed by atoms with van der Waals surface area (Å²) in [4.78, 5) is 0. The Morgan fingerprint density at radius 2 is 1.58 bits per heavy atom. The predicted molar refractivity (Wildman–Crippen MR) is 143 cm³/mol. The van der Waals surface area contributed by atoms with Gasteiger partial charge in [-0.3, -0.25) is 0 Å². The highest BCUT2D eigenvalue weighted by Crippen LogP contribution is 2.44. The molecule has 1 aromatic carbocycles. The van der Waals surface area contributed by atoms with Crippen LogP contribution in [0.15, 0.2) is 30.5 Å². The van der Waals surface area contributed by atoms with Gasteiger partial charge in [0.25, 0.3) is 0 Å². The van der Waals surface area contributed by atoms with Crippen molar-refractivity contribution >= 4 is 21.3 Å². The molecule has 2 heterocycles. The van der Waals surface area contributed by atoms with E-state index in [0.717, 1.165) is 0 Å². The minimum Gasteiger partial charge on any atom is -0.201 e. The highest BCUT2D eigenvalue weighted by atomic mass is 28.3. The molecule has 1 aliphatic rings. The summed E-state index contributed by atoms with van der Waals surface area (Å²) in [5.74, 6) is 0. The van der Waals surface area contributed by atoms with Gasteiger partial charge in [-0.1, -0.05) is 84.7 Å². The first-order chi connectivity index (χ1) is 14.0. The average molecular weight is 453 g/mol. The fourth-order valence-electron chi connectivity index (χ4n) is 5.23. The van der Waals surface area contributed by atoms with Crippen molar-refractivity contribution < 1.29 is 4.57 Å². The number of aryl methyl sites for hydroxylation is 2. The van der Waals surface area contributed by atoms with Gasteiger partial charge in [0.1, 0.15) is 7.05 Å². The van der Waals surface area contributed by atoms with Crippen LogP contribution >= 0.6 is 0 Å². The van der Waals surface area contributed by atoms with Crippen LogP contribution in [-0.4, -0.2) is 16.1 Å². The summed E-state index contributed by atoms with van der Waals surface area (Å²) in [5.41, 5.74) is 7.75. The van der Waals surface area contributed by atoms with Crippen molar-refractivity contribution in [3.63, 3.8) is 0 Å². The van der Waals surface area contributed by atoms with Crippen molar-refractivity contribution in [2.24, 2.45) is 7.05 Å². The Balaban J connectivity index is 2.06. The van der Waals surface area contributed by atoms with Crippen LogP contribution in [0.3, 0.4) is 0 Å². The normalized spacial score (nSPS) is 18.8. The van der Waals surface area contributed by atoms with Crippen molar-refractivity contribution in [1.82, 2.24) is 0 Å². The second kappa shape index (κ2) is 7.99. The first-order valence-corrected chi connectivity index (χ1v) is 19.1. The third kappa shape index (κ3) is 5.08. The Morgan fingerprint density at radius 1 is 1.00 bits per heavy atom. The van der Waals surface area contributed by atoms with Crippen LogP contribution in [0.1, 0.15) is 57.2 Å². The highest BCUT2D eigenvalue weighted by molar-refractivity contribution is 6.89. The van der Waals surface area contributed by atoms with E-state index in [-0.39, 0.29) is 5.41 Å². The zero-order valence-corrected chi connectivity index (χ0v) is 24.2. The molecule has 0 amide bonds. The fourth-order valence-corrected chi connectivity index (χ4v) is 9.75. The number of hydrogen-bond acceptors (Lipinski definition) is 0. The maximum Gasteiger partial charge on any atom is 0.212 e. The summed E-state index contributed by atoms with van der Waals surface area (Å²) in [7, 11) is -0.183. The van der Waals surface area contributed by atoms with E-state index in [4.69, 9.17) is 0 Å². The molecule has 0 unspecified atom stereocenters. The van der Waals surface area contributed by atoms with Gasteiger partial charge in [0, 0.05) is 25.3 Å². The SMILES string of the molecule is Cc1cc(C2(C)CC[Si](C)(C)CC2)ccc1-c1cc([Si](C)(C)C)c(C(C)(C)C)c[n+]1C. The molecular formula is C28H46NSi2+. The Hall–Kier alpha value is -1.20. The van der Waals surface area contributed by atoms with Crippen LogP contribution in [0, 0.1) is 6.92 Å². The van der Waals surface area contributed by atoms with E-state index in [1.165, 1.54) is 47.3 Å². The van der Waals surface area contributed by atoms with Gasteiger partial charge in [-0.05, 0) is 53.0 Å². The standard InChI is InChI=1S/C28H46NSi2/c1-21-18-22(28(5)14-16-31(10,11)17-15-28)12-13-23(21)25-19-26(30(7,8)9)24(20-29(25)6)27(2,3)4/h12-13,18-20H,14-17H2,1-11H3/q+1. The molecule has 1 aliphatic heterocycles. The maximum absolute atomic E-state index is 2.57. The van der Waals surface area contributed by atoms with Crippen LogP contribution < -0.4 is 9.75 Å². The lowest BCUT2D eigenvalue weighted by molar-refractivity contribution is -0.660. The van der Waals surface area contributed by atoms with Crippen molar-refractivity contribution in [2.45, 2.75) is 103 Å². The van der Waals surface area contributed by atoms with E-state index < -0.39 is 16.1 Å². The first-order valence-electron chi connectivity index (χ1n) is 12.2. The Morgan fingerprint density at radius 3 is 2.06 bits per heavy atom. The molecule has 0 N–H and O–H groups in total. The summed E-state index contributed by atoms with van der Waals surface area (Å²) in [6.45, 7) is 24.4. The van der Waals surface area contributed by atoms with E-state index in [2.05, 4.69) is 109 Å². The molecule has 2 aromatic rings. The highest BCUT2D eigenvalue weighted by Gasteiger charge is 2.37. The van der Waals surface area contributed by atoms with Crippen molar-refractivity contribution in [3.8, 4) is 11.3 Å². The first kappa shape index (κ1) is 24.4. The number of aromatic nitrogens is 1.